The summed E-state index contributed by atoms with van der Waals surface area (Å²) >= 11 is 0. The third-order valence-corrected chi connectivity index (χ3v) is 1.90. The Morgan fingerprint density at radius 1 is 1.54 bits per heavy atom. The van der Waals surface area contributed by atoms with Gasteiger partial charge in [0.05, 0.1) is 24.3 Å². The lowest BCUT2D eigenvalue weighted by atomic mass is 9.98. The van der Waals surface area contributed by atoms with Gasteiger partial charge in [0.15, 0.2) is 0 Å². The molecule has 3 heteroatoms. The van der Waals surface area contributed by atoms with Gasteiger partial charge in [-0.25, -0.2) is 0 Å². The van der Waals surface area contributed by atoms with E-state index in [1.807, 2.05) is 6.07 Å². The van der Waals surface area contributed by atoms with Crippen molar-refractivity contribution in [1.29, 1.82) is 5.26 Å². The van der Waals surface area contributed by atoms with Crippen molar-refractivity contribution in [3.8, 4) is 6.07 Å². The quantitative estimate of drug-likeness (QED) is 0.711. The number of hydrogen-bond acceptors (Lipinski definition) is 3. The van der Waals surface area contributed by atoms with Gasteiger partial charge in [-0.2, -0.15) is 5.26 Å². The SMILES string of the molecule is CC(O)c1c(C#N)cccc1CO. The van der Waals surface area contributed by atoms with Crippen LogP contribution in [0.1, 0.15) is 29.7 Å². The summed E-state index contributed by atoms with van der Waals surface area (Å²) in [7, 11) is 0. The highest BCUT2D eigenvalue weighted by molar-refractivity contribution is 5.43. The number of aliphatic hydroxyl groups excluding tert-OH is 2. The second-order valence-electron chi connectivity index (χ2n) is 2.82. The van der Waals surface area contributed by atoms with Crippen molar-refractivity contribution in [3.63, 3.8) is 0 Å². The van der Waals surface area contributed by atoms with Crippen LogP contribution in [0, 0.1) is 11.3 Å². The molecule has 0 heterocycles. The highest BCUT2D eigenvalue weighted by Crippen LogP contribution is 2.21. The lowest BCUT2D eigenvalue weighted by molar-refractivity contribution is 0.193. The first-order valence-corrected chi connectivity index (χ1v) is 4.01. The van der Waals surface area contributed by atoms with Gasteiger partial charge in [0, 0.05) is 5.56 Å². The molecule has 0 saturated carbocycles. The molecule has 13 heavy (non-hydrogen) atoms. The number of nitriles is 1. The Hall–Kier alpha value is -1.37. The fourth-order valence-electron chi connectivity index (χ4n) is 1.34. The molecule has 0 radical (unpaired) electrons. The van der Waals surface area contributed by atoms with Crippen molar-refractivity contribution < 1.29 is 10.2 Å². The van der Waals surface area contributed by atoms with Gasteiger partial charge in [-0.15, -0.1) is 0 Å². The van der Waals surface area contributed by atoms with Gasteiger partial charge in [0.2, 0.25) is 0 Å². The van der Waals surface area contributed by atoms with E-state index >= 15 is 0 Å². The molecule has 1 atom stereocenters. The van der Waals surface area contributed by atoms with Gasteiger partial charge in [-0.1, -0.05) is 12.1 Å². The van der Waals surface area contributed by atoms with Crippen molar-refractivity contribution in [2.24, 2.45) is 0 Å². The van der Waals surface area contributed by atoms with Crippen LogP contribution in [0.15, 0.2) is 18.2 Å². The predicted octanol–water partition coefficient (Wildman–Crippen LogP) is 1.10. The van der Waals surface area contributed by atoms with E-state index < -0.39 is 6.10 Å². The summed E-state index contributed by atoms with van der Waals surface area (Å²) in [6.07, 6.45) is -0.724. The molecule has 1 unspecified atom stereocenters. The molecular weight excluding hydrogens is 166 g/mol. The smallest absolute Gasteiger partial charge is 0.0995 e. The summed E-state index contributed by atoms with van der Waals surface area (Å²) < 4.78 is 0. The van der Waals surface area contributed by atoms with E-state index in [0.717, 1.165) is 0 Å². The normalized spacial score (nSPS) is 12.2. The Bertz CT molecular complexity index is 339. The minimum Gasteiger partial charge on any atom is -0.392 e. The molecule has 2 N–H and O–H groups in total. The fraction of sp³-hybridized carbons (Fsp3) is 0.300. The van der Waals surface area contributed by atoms with Gasteiger partial charge >= 0.3 is 0 Å². The van der Waals surface area contributed by atoms with E-state index in [-0.39, 0.29) is 6.61 Å². The Labute approximate surface area is 76.9 Å². The number of nitrogens with zero attached hydrogens (tertiary/aromatic N) is 1. The van der Waals surface area contributed by atoms with Crippen LogP contribution in [0.4, 0.5) is 0 Å². The van der Waals surface area contributed by atoms with Gasteiger partial charge in [0.1, 0.15) is 0 Å². The number of rotatable bonds is 2. The summed E-state index contributed by atoms with van der Waals surface area (Å²) in [6.45, 7) is 1.42. The number of benzene rings is 1. The van der Waals surface area contributed by atoms with Crippen LogP contribution in [0.5, 0.6) is 0 Å². The summed E-state index contributed by atoms with van der Waals surface area (Å²) in [5, 5.41) is 27.1. The average Bonchev–Trinajstić information content (AvgIpc) is 2.16. The molecule has 68 valence electrons. The molecule has 3 nitrogen and oxygen atoms in total. The van der Waals surface area contributed by atoms with E-state index in [1.165, 1.54) is 0 Å². The van der Waals surface area contributed by atoms with Crippen LogP contribution in [-0.2, 0) is 6.61 Å². The van der Waals surface area contributed by atoms with Crippen molar-refractivity contribution in [3.05, 3.63) is 34.9 Å². The molecule has 0 aliphatic rings. The Kier molecular flexibility index (Phi) is 3.02. The summed E-state index contributed by atoms with van der Waals surface area (Å²) in [5.41, 5.74) is 1.54. The van der Waals surface area contributed by atoms with Crippen molar-refractivity contribution >= 4 is 0 Å². The van der Waals surface area contributed by atoms with Gasteiger partial charge in [-0.05, 0) is 18.6 Å². The molecule has 1 aromatic rings. The van der Waals surface area contributed by atoms with Gasteiger partial charge in [0.25, 0.3) is 0 Å². The van der Waals surface area contributed by atoms with E-state index in [1.54, 1.807) is 25.1 Å². The molecule has 1 aromatic carbocycles. The van der Waals surface area contributed by atoms with E-state index in [4.69, 9.17) is 10.4 Å². The first-order chi connectivity index (χ1) is 6.20. The molecule has 0 fully saturated rings. The standard InChI is InChI=1S/C10H11NO2/c1-7(13)10-8(5-11)3-2-4-9(10)6-12/h2-4,7,12-13H,6H2,1H3. The van der Waals surface area contributed by atoms with Crippen LogP contribution in [0.3, 0.4) is 0 Å². The lowest BCUT2D eigenvalue weighted by Gasteiger charge is -2.11. The van der Waals surface area contributed by atoms with Crippen molar-refractivity contribution in [1.82, 2.24) is 0 Å². The zero-order valence-corrected chi connectivity index (χ0v) is 7.36. The average molecular weight is 177 g/mol. The van der Waals surface area contributed by atoms with Crippen LogP contribution in [-0.4, -0.2) is 10.2 Å². The number of hydrogen-bond donors (Lipinski definition) is 2. The Balaban J connectivity index is 3.32. The fourth-order valence-corrected chi connectivity index (χ4v) is 1.34. The largest absolute Gasteiger partial charge is 0.392 e. The monoisotopic (exact) mass is 177 g/mol. The third kappa shape index (κ3) is 1.86. The summed E-state index contributed by atoms with van der Waals surface area (Å²) in [5.74, 6) is 0. The molecule has 0 aromatic heterocycles. The molecule has 0 aliphatic carbocycles. The van der Waals surface area contributed by atoms with Crippen LogP contribution in [0.2, 0.25) is 0 Å². The van der Waals surface area contributed by atoms with E-state index in [9.17, 15) is 5.11 Å². The molecule has 0 spiro atoms. The lowest BCUT2D eigenvalue weighted by Crippen LogP contribution is -2.01. The highest BCUT2D eigenvalue weighted by atomic mass is 16.3. The second kappa shape index (κ2) is 4.04. The topological polar surface area (TPSA) is 64.2 Å². The predicted molar refractivity (Wildman–Crippen MR) is 47.7 cm³/mol. The zero-order chi connectivity index (χ0) is 9.84. The maximum Gasteiger partial charge on any atom is 0.0995 e. The molecule has 0 aliphatic heterocycles. The third-order valence-electron chi connectivity index (χ3n) is 1.90. The first-order valence-electron chi connectivity index (χ1n) is 4.01. The van der Waals surface area contributed by atoms with Crippen LogP contribution < -0.4 is 0 Å². The maximum atomic E-state index is 9.39. The van der Waals surface area contributed by atoms with Crippen molar-refractivity contribution in [2.45, 2.75) is 19.6 Å². The molecule has 0 amide bonds. The van der Waals surface area contributed by atoms with Crippen LogP contribution in [0.25, 0.3) is 0 Å². The van der Waals surface area contributed by atoms with E-state index in [2.05, 4.69) is 0 Å². The van der Waals surface area contributed by atoms with Crippen molar-refractivity contribution in [2.75, 3.05) is 0 Å². The van der Waals surface area contributed by atoms with Crippen LogP contribution >= 0.6 is 0 Å². The molecule has 0 saturated heterocycles. The zero-order valence-electron chi connectivity index (χ0n) is 7.36. The maximum absolute atomic E-state index is 9.39. The Morgan fingerprint density at radius 2 is 2.23 bits per heavy atom. The second-order valence-corrected chi connectivity index (χ2v) is 2.82. The summed E-state index contributed by atoms with van der Waals surface area (Å²) in [6, 6.07) is 6.99. The van der Waals surface area contributed by atoms with Gasteiger partial charge < -0.3 is 10.2 Å². The summed E-state index contributed by atoms with van der Waals surface area (Å²) in [4.78, 5) is 0. The van der Waals surface area contributed by atoms with E-state index in [0.29, 0.717) is 16.7 Å². The highest BCUT2D eigenvalue weighted by Gasteiger charge is 2.11. The van der Waals surface area contributed by atoms with Gasteiger partial charge in [-0.3, -0.25) is 0 Å². The minimum atomic E-state index is -0.724. The molecule has 1 rings (SSSR count). The first kappa shape index (κ1) is 9.72. The number of aliphatic hydroxyl groups is 2. The molecular formula is C10H11NO2. The Morgan fingerprint density at radius 3 is 2.69 bits per heavy atom. The molecule has 0 bridgehead atoms. The minimum absolute atomic E-state index is 0.157.